The van der Waals surface area contributed by atoms with E-state index in [1.807, 2.05) is 6.07 Å². The van der Waals surface area contributed by atoms with Crippen molar-refractivity contribution in [3.05, 3.63) is 41.8 Å². The van der Waals surface area contributed by atoms with Crippen molar-refractivity contribution in [2.24, 2.45) is 7.05 Å². The smallest absolute Gasteiger partial charge is 0.264 e. The van der Waals surface area contributed by atoms with Crippen LogP contribution in [0.3, 0.4) is 0 Å². The number of halogens is 2. The standard InChI is InChI=1S/C20H17F2N7OS/c1-28-14(2-5-25-28)16-12-10-15(19(30)29-8-3-20(21,22)4-9-29)31-18(12)27-17(26-16)13-11-23-6-7-24-13/h2,5-7,10-11H,3-4,8-9H2,1H3. The fraction of sp³-hybridized carbons (Fsp3) is 0.300. The van der Waals surface area contributed by atoms with Gasteiger partial charge in [0.15, 0.2) is 5.82 Å². The number of aromatic nitrogens is 6. The van der Waals surface area contributed by atoms with E-state index in [9.17, 15) is 13.6 Å². The molecule has 0 spiro atoms. The minimum atomic E-state index is -2.71. The number of rotatable bonds is 3. The van der Waals surface area contributed by atoms with Crippen LogP contribution in [0.4, 0.5) is 8.78 Å². The maximum absolute atomic E-state index is 13.5. The first-order chi connectivity index (χ1) is 14.9. The van der Waals surface area contributed by atoms with Crippen molar-refractivity contribution in [3.8, 4) is 22.9 Å². The molecule has 1 aliphatic rings. The minimum Gasteiger partial charge on any atom is -0.338 e. The quantitative estimate of drug-likeness (QED) is 0.484. The summed E-state index contributed by atoms with van der Waals surface area (Å²) < 4.78 is 28.7. The average Bonchev–Trinajstić information content (AvgIpc) is 3.39. The van der Waals surface area contributed by atoms with Gasteiger partial charge in [0.2, 0.25) is 0 Å². The van der Waals surface area contributed by atoms with Gasteiger partial charge in [0, 0.05) is 57.0 Å². The number of aryl methyl sites for hydroxylation is 1. The Hall–Kier alpha value is -3.34. The van der Waals surface area contributed by atoms with Crippen LogP contribution in [0, 0.1) is 0 Å². The number of alkyl halides is 2. The summed E-state index contributed by atoms with van der Waals surface area (Å²) in [7, 11) is 1.80. The number of hydrogen-bond acceptors (Lipinski definition) is 7. The molecule has 0 aromatic carbocycles. The first kappa shape index (κ1) is 19.6. The van der Waals surface area contributed by atoms with Crippen molar-refractivity contribution in [1.82, 2.24) is 34.6 Å². The molecule has 4 aromatic heterocycles. The number of hydrogen-bond donors (Lipinski definition) is 0. The van der Waals surface area contributed by atoms with E-state index in [0.29, 0.717) is 32.3 Å². The summed E-state index contributed by atoms with van der Waals surface area (Å²) in [5, 5.41) is 4.92. The molecule has 31 heavy (non-hydrogen) atoms. The SMILES string of the molecule is Cn1nccc1-c1nc(-c2cnccn2)nc2sc(C(=O)N3CCC(F)(F)CC3)cc12. The molecule has 0 saturated carbocycles. The van der Waals surface area contributed by atoms with Crippen molar-refractivity contribution in [3.63, 3.8) is 0 Å². The molecule has 1 aliphatic heterocycles. The second-order valence-corrected chi connectivity index (χ2v) is 8.33. The highest BCUT2D eigenvalue weighted by molar-refractivity contribution is 7.20. The molecule has 0 atom stereocenters. The fourth-order valence-electron chi connectivity index (χ4n) is 3.55. The average molecular weight is 441 g/mol. The molecular weight excluding hydrogens is 424 g/mol. The second-order valence-electron chi connectivity index (χ2n) is 7.30. The number of carbonyl (C=O) groups excluding carboxylic acids is 1. The summed E-state index contributed by atoms with van der Waals surface area (Å²) in [6, 6.07) is 3.56. The predicted molar refractivity (Wildman–Crippen MR) is 111 cm³/mol. The maximum Gasteiger partial charge on any atom is 0.264 e. The minimum absolute atomic E-state index is 0.0329. The number of nitrogens with zero attached hydrogens (tertiary/aromatic N) is 7. The van der Waals surface area contributed by atoms with Gasteiger partial charge in [-0.1, -0.05) is 0 Å². The molecule has 0 unspecified atom stereocenters. The molecule has 1 saturated heterocycles. The Morgan fingerprint density at radius 1 is 1.16 bits per heavy atom. The predicted octanol–water partition coefficient (Wildman–Crippen LogP) is 3.42. The van der Waals surface area contributed by atoms with Gasteiger partial charge in [-0.25, -0.2) is 23.7 Å². The molecule has 8 nitrogen and oxygen atoms in total. The van der Waals surface area contributed by atoms with Crippen LogP contribution in [0.1, 0.15) is 22.5 Å². The van der Waals surface area contributed by atoms with Gasteiger partial charge in [0.25, 0.3) is 11.8 Å². The number of carbonyl (C=O) groups is 1. The molecule has 0 radical (unpaired) electrons. The lowest BCUT2D eigenvalue weighted by Gasteiger charge is -2.31. The Morgan fingerprint density at radius 2 is 1.97 bits per heavy atom. The zero-order chi connectivity index (χ0) is 21.6. The van der Waals surface area contributed by atoms with Crippen LogP contribution in [0.2, 0.25) is 0 Å². The van der Waals surface area contributed by atoms with Crippen molar-refractivity contribution in [2.45, 2.75) is 18.8 Å². The largest absolute Gasteiger partial charge is 0.338 e. The lowest BCUT2D eigenvalue weighted by Crippen LogP contribution is -2.42. The Kier molecular flexibility index (Phi) is 4.69. The molecule has 5 rings (SSSR count). The van der Waals surface area contributed by atoms with Gasteiger partial charge >= 0.3 is 0 Å². The summed E-state index contributed by atoms with van der Waals surface area (Å²) in [6.45, 7) is 0.0659. The molecule has 1 amide bonds. The second kappa shape index (κ2) is 7.41. The van der Waals surface area contributed by atoms with Gasteiger partial charge in [0.1, 0.15) is 16.2 Å². The number of thiophene rings is 1. The molecule has 0 bridgehead atoms. The van der Waals surface area contributed by atoms with E-state index in [0.717, 1.165) is 5.69 Å². The Morgan fingerprint density at radius 3 is 2.65 bits per heavy atom. The lowest BCUT2D eigenvalue weighted by atomic mass is 10.1. The van der Waals surface area contributed by atoms with E-state index in [4.69, 9.17) is 0 Å². The summed E-state index contributed by atoms with van der Waals surface area (Å²) in [5.41, 5.74) is 1.88. The molecule has 0 aliphatic carbocycles. The first-order valence-corrected chi connectivity index (χ1v) is 10.5. The van der Waals surface area contributed by atoms with Gasteiger partial charge in [-0.15, -0.1) is 11.3 Å². The summed E-state index contributed by atoms with van der Waals surface area (Å²) in [6.07, 6.45) is 5.72. The number of piperidine rings is 1. The van der Waals surface area contributed by atoms with Gasteiger partial charge in [0.05, 0.1) is 16.8 Å². The Balaban J connectivity index is 1.60. The summed E-state index contributed by atoms with van der Waals surface area (Å²) in [5.74, 6) is -2.59. The summed E-state index contributed by atoms with van der Waals surface area (Å²) >= 11 is 1.22. The van der Waals surface area contributed by atoms with E-state index in [2.05, 4.69) is 25.0 Å². The highest BCUT2D eigenvalue weighted by Gasteiger charge is 2.36. The fourth-order valence-corrected chi connectivity index (χ4v) is 4.55. The van der Waals surface area contributed by atoms with E-state index in [1.165, 1.54) is 16.2 Å². The van der Waals surface area contributed by atoms with E-state index in [-0.39, 0.29) is 31.8 Å². The monoisotopic (exact) mass is 441 g/mol. The van der Waals surface area contributed by atoms with E-state index in [1.54, 1.807) is 42.6 Å². The van der Waals surface area contributed by atoms with Crippen molar-refractivity contribution >= 4 is 27.5 Å². The van der Waals surface area contributed by atoms with Crippen LogP contribution in [0.25, 0.3) is 33.1 Å². The van der Waals surface area contributed by atoms with Gasteiger partial charge in [-0.2, -0.15) is 5.10 Å². The van der Waals surface area contributed by atoms with E-state index < -0.39 is 5.92 Å². The highest BCUT2D eigenvalue weighted by atomic mass is 32.1. The third-order valence-corrected chi connectivity index (χ3v) is 6.26. The van der Waals surface area contributed by atoms with Crippen molar-refractivity contribution in [1.29, 1.82) is 0 Å². The molecule has 0 N–H and O–H groups in total. The van der Waals surface area contributed by atoms with Crippen molar-refractivity contribution in [2.75, 3.05) is 13.1 Å². The van der Waals surface area contributed by atoms with E-state index >= 15 is 0 Å². The van der Waals surface area contributed by atoms with Crippen LogP contribution in [-0.2, 0) is 7.05 Å². The van der Waals surface area contributed by atoms with Crippen LogP contribution in [0.15, 0.2) is 36.9 Å². The number of fused-ring (bicyclic) bond motifs is 1. The van der Waals surface area contributed by atoms with Crippen molar-refractivity contribution < 1.29 is 13.6 Å². The van der Waals surface area contributed by atoms with Crippen LogP contribution < -0.4 is 0 Å². The molecular formula is C20H17F2N7OS. The number of likely N-dealkylation sites (tertiary alicyclic amines) is 1. The van der Waals surface area contributed by atoms with Gasteiger partial charge < -0.3 is 4.90 Å². The normalized spacial score (nSPS) is 16.0. The highest BCUT2D eigenvalue weighted by Crippen LogP contribution is 2.35. The lowest BCUT2D eigenvalue weighted by molar-refractivity contribution is -0.0493. The van der Waals surface area contributed by atoms with Crippen LogP contribution in [0.5, 0.6) is 0 Å². The number of amides is 1. The van der Waals surface area contributed by atoms with Gasteiger partial charge in [-0.3, -0.25) is 14.5 Å². The maximum atomic E-state index is 13.5. The topological polar surface area (TPSA) is 89.7 Å². The third-order valence-electron chi connectivity index (χ3n) is 5.24. The Bertz CT molecular complexity index is 1260. The zero-order valence-electron chi connectivity index (χ0n) is 16.5. The molecule has 11 heteroatoms. The molecule has 5 heterocycles. The molecule has 1 fully saturated rings. The Labute approximate surface area is 179 Å². The summed E-state index contributed by atoms with van der Waals surface area (Å²) in [4.78, 5) is 33.2. The first-order valence-electron chi connectivity index (χ1n) is 9.65. The molecule has 4 aromatic rings. The van der Waals surface area contributed by atoms with Crippen LogP contribution in [-0.4, -0.2) is 59.5 Å². The molecule has 158 valence electrons. The van der Waals surface area contributed by atoms with Crippen LogP contribution >= 0.6 is 11.3 Å². The third kappa shape index (κ3) is 3.65. The zero-order valence-corrected chi connectivity index (χ0v) is 17.3. The van der Waals surface area contributed by atoms with Gasteiger partial charge in [-0.05, 0) is 12.1 Å².